The van der Waals surface area contributed by atoms with Gasteiger partial charge in [0, 0.05) is 17.0 Å². The molecule has 0 atom stereocenters. The smallest absolute Gasteiger partial charge is 0.186 e. The molecule has 2 aromatic heterocycles. The van der Waals surface area contributed by atoms with Crippen LogP contribution in [0.5, 0.6) is 0 Å². The zero-order chi connectivity index (χ0) is 23.1. The Labute approximate surface area is 192 Å². The molecule has 166 valence electrons. The highest BCUT2D eigenvalue weighted by atomic mass is 79.9. The molecule has 0 spiro atoms. The molecule has 7 heteroatoms. The second-order valence-electron chi connectivity index (χ2n) is 9.14. The predicted molar refractivity (Wildman–Crippen MR) is 128 cm³/mol. The first-order valence-electron chi connectivity index (χ1n) is 10.6. The van der Waals surface area contributed by atoms with Gasteiger partial charge in [-0.3, -0.25) is 4.79 Å². The second kappa shape index (κ2) is 8.94. The van der Waals surface area contributed by atoms with Gasteiger partial charge < -0.3 is 4.23 Å². The topological polar surface area (TPSA) is 34.9 Å². The molecule has 0 amide bonds. The van der Waals surface area contributed by atoms with Crippen molar-refractivity contribution in [3.63, 3.8) is 0 Å². The van der Waals surface area contributed by atoms with Gasteiger partial charge in [0.25, 0.3) is 0 Å². The summed E-state index contributed by atoms with van der Waals surface area (Å²) in [4.78, 5) is 17.5. The Hall–Kier alpha value is -1.86. The summed E-state index contributed by atoms with van der Waals surface area (Å²) in [6, 6.07) is 7.09. The standard InChI is InChI=1S/C24H29BrF2N2OSi/c1-14(2)31(15(3)4,16(5)6)29-8-7-21-22(29)13-20(25)24(28-21)23(30)11-17-9-18(26)12-19(27)10-17/h7-10,12-16H,11H2,1-6H3. The Balaban J connectivity index is 2.07. The van der Waals surface area contributed by atoms with E-state index in [-0.39, 0.29) is 17.9 Å². The zero-order valence-corrected chi connectivity index (χ0v) is 21.4. The van der Waals surface area contributed by atoms with Gasteiger partial charge in [-0.2, -0.15) is 0 Å². The number of carbonyl (C=O) groups excluding carboxylic acids is 1. The monoisotopic (exact) mass is 506 g/mol. The second-order valence-corrected chi connectivity index (χ2v) is 15.7. The van der Waals surface area contributed by atoms with Gasteiger partial charge in [0.05, 0.1) is 11.0 Å². The minimum atomic E-state index is -1.97. The molecule has 3 nitrogen and oxygen atoms in total. The van der Waals surface area contributed by atoms with Gasteiger partial charge in [0.1, 0.15) is 17.3 Å². The maximum absolute atomic E-state index is 13.5. The maximum atomic E-state index is 13.5. The van der Waals surface area contributed by atoms with Crippen molar-refractivity contribution in [2.45, 2.75) is 64.6 Å². The van der Waals surface area contributed by atoms with E-state index >= 15 is 0 Å². The van der Waals surface area contributed by atoms with Gasteiger partial charge in [-0.25, -0.2) is 13.8 Å². The van der Waals surface area contributed by atoms with Gasteiger partial charge in [-0.1, -0.05) is 41.5 Å². The molecule has 2 heterocycles. The number of nitrogens with zero attached hydrogens (tertiary/aromatic N) is 2. The quantitative estimate of drug-likeness (QED) is 0.245. The van der Waals surface area contributed by atoms with Crippen LogP contribution in [-0.4, -0.2) is 23.2 Å². The van der Waals surface area contributed by atoms with E-state index in [4.69, 9.17) is 0 Å². The number of Topliss-reactive ketones (excluding diaryl/α,β-unsaturated/α-hetero) is 1. The Morgan fingerprint density at radius 1 is 1.00 bits per heavy atom. The minimum absolute atomic E-state index is 0.116. The summed E-state index contributed by atoms with van der Waals surface area (Å²) in [5, 5.41) is 0. The number of carbonyl (C=O) groups is 1. The van der Waals surface area contributed by atoms with Gasteiger partial charge >= 0.3 is 0 Å². The van der Waals surface area contributed by atoms with Crippen molar-refractivity contribution in [1.29, 1.82) is 0 Å². The SMILES string of the molecule is CC(C)[Si](C(C)C)(C(C)C)n1ccc2nc(C(=O)Cc3cc(F)cc(F)c3)c(Br)cc21. The molecule has 31 heavy (non-hydrogen) atoms. The van der Waals surface area contributed by atoms with E-state index in [1.54, 1.807) is 0 Å². The fourth-order valence-electron chi connectivity index (χ4n) is 5.38. The summed E-state index contributed by atoms with van der Waals surface area (Å²) >= 11 is 3.53. The van der Waals surface area contributed by atoms with Gasteiger partial charge in [-0.15, -0.1) is 0 Å². The number of pyridine rings is 1. The van der Waals surface area contributed by atoms with Crippen LogP contribution >= 0.6 is 15.9 Å². The largest absolute Gasteiger partial charge is 0.372 e. The first kappa shape index (κ1) is 23.8. The third-order valence-electron chi connectivity index (χ3n) is 6.37. The van der Waals surface area contributed by atoms with Crippen LogP contribution < -0.4 is 0 Å². The molecule has 3 rings (SSSR count). The van der Waals surface area contributed by atoms with Crippen LogP contribution in [0.3, 0.4) is 0 Å². The molecule has 0 aliphatic carbocycles. The molecular formula is C24H29BrF2N2OSi. The van der Waals surface area contributed by atoms with Crippen molar-refractivity contribution >= 4 is 41.0 Å². The van der Waals surface area contributed by atoms with Crippen LogP contribution in [0.1, 0.15) is 57.6 Å². The average Bonchev–Trinajstić information content (AvgIpc) is 3.02. The van der Waals surface area contributed by atoms with Crippen molar-refractivity contribution in [3.05, 3.63) is 63.9 Å². The molecule has 0 saturated carbocycles. The first-order chi connectivity index (χ1) is 14.5. The van der Waals surface area contributed by atoms with E-state index in [9.17, 15) is 13.6 Å². The Kier molecular flexibility index (Phi) is 6.86. The third kappa shape index (κ3) is 4.26. The van der Waals surface area contributed by atoms with Crippen LogP contribution in [0.2, 0.25) is 16.6 Å². The Morgan fingerprint density at radius 2 is 1.55 bits per heavy atom. The Morgan fingerprint density at radius 3 is 2.06 bits per heavy atom. The summed E-state index contributed by atoms with van der Waals surface area (Å²) in [6.07, 6.45) is 2.00. The number of aromatic nitrogens is 2. The lowest BCUT2D eigenvalue weighted by molar-refractivity contribution is 0.0987. The van der Waals surface area contributed by atoms with E-state index in [0.29, 0.717) is 26.7 Å². The predicted octanol–water partition coefficient (Wildman–Crippen LogP) is 7.53. The third-order valence-corrected chi connectivity index (χ3v) is 13.7. The van der Waals surface area contributed by atoms with Crippen molar-refractivity contribution in [2.75, 3.05) is 0 Å². The highest BCUT2D eigenvalue weighted by molar-refractivity contribution is 9.10. The van der Waals surface area contributed by atoms with Crippen molar-refractivity contribution in [3.8, 4) is 0 Å². The number of rotatable bonds is 7. The van der Waals surface area contributed by atoms with Crippen LogP contribution in [0.4, 0.5) is 8.78 Å². The Bertz CT molecular complexity index is 1080. The molecule has 0 saturated heterocycles. The summed E-state index contributed by atoms with van der Waals surface area (Å²) in [7, 11) is -1.97. The highest BCUT2D eigenvalue weighted by Crippen LogP contribution is 2.44. The van der Waals surface area contributed by atoms with E-state index in [1.807, 2.05) is 12.1 Å². The maximum Gasteiger partial charge on any atom is 0.186 e. The molecule has 0 aliphatic rings. The lowest BCUT2D eigenvalue weighted by Crippen LogP contribution is -2.51. The highest BCUT2D eigenvalue weighted by Gasteiger charge is 2.45. The summed E-state index contributed by atoms with van der Waals surface area (Å²) in [6.45, 7) is 13.8. The molecule has 0 radical (unpaired) electrons. The zero-order valence-electron chi connectivity index (χ0n) is 18.8. The van der Waals surface area contributed by atoms with Crippen molar-refractivity contribution in [2.24, 2.45) is 0 Å². The van der Waals surface area contributed by atoms with Gasteiger partial charge in [-0.05, 0) is 68.6 Å². The molecule has 0 unspecified atom stereocenters. The minimum Gasteiger partial charge on any atom is -0.372 e. The fraction of sp³-hybridized carbons (Fsp3) is 0.417. The summed E-state index contributed by atoms with van der Waals surface area (Å²) in [5.41, 5.74) is 3.91. The number of hydrogen-bond acceptors (Lipinski definition) is 2. The molecule has 3 aromatic rings. The van der Waals surface area contributed by atoms with E-state index < -0.39 is 19.9 Å². The van der Waals surface area contributed by atoms with Gasteiger partial charge in [0.15, 0.2) is 14.0 Å². The number of hydrogen-bond donors (Lipinski definition) is 0. The van der Waals surface area contributed by atoms with E-state index in [2.05, 4.69) is 72.9 Å². The number of fused-ring (bicyclic) bond motifs is 1. The van der Waals surface area contributed by atoms with Crippen molar-refractivity contribution < 1.29 is 13.6 Å². The summed E-state index contributed by atoms with van der Waals surface area (Å²) < 4.78 is 30.0. The molecular weight excluding hydrogens is 478 g/mol. The number of benzene rings is 1. The van der Waals surface area contributed by atoms with E-state index in [0.717, 1.165) is 17.1 Å². The molecule has 0 aliphatic heterocycles. The normalized spacial score (nSPS) is 12.5. The lowest BCUT2D eigenvalue weighted by atomic mass is 10.1. The fourth-order valence-corrected chi connectivity index (χ4v) is 12.5. The van der Waals surface area contributed by atoms with Crippen LogP contribution in [-0.2, 0) is 6.42 Å². The van der Waals surface area contributed by atoms with Gasteiger partial charge in [0.2, 0.25) is 0 Å². The average molecular weight is 507 g/mol. The molecule has 0 N–H and O–H groups in total. The van der Waals surface area contributed by atoms with Crippen LogP contribution in [0, 0.1) is 11.6 Å². The number of halogens is 3. The van der Waals surface area contributed by atoms with E-state index in [1.165, 1.54) is 12.1 Å². The van der Waals surface area contributed by atoms with Crippen LogP contribution in [0.15, 0.2) is 41.0 Å². The first-order valence-corrected chi connectivity index (χ1v) is 13.6. The summed E-state index contributed by atoms with van der Waals surface area (Å²) in [5.74, 6) is -1.67. The molecule has 0 fully saturated rings. The van der Waals surface area contributed by atoms with Crippen LogP contribution in [0.25, 0.3) is 11.0 Å². The number of ketones is 1. The molecule has 0 bridgehead atoms. The van der Waals surface area contributed by atoms with Crippen molar-refractivity contribution in [1.82, 2.24) is 9.22 Å². The lowest BCUT2D eigenvalue weighted by Gasteiger charge is -2.44. The molecule has 1 aromatic carbocycles.